The summed E-state index contributed by atoms with van der Waals surface area (Å²) >= 11 is 0. The molecule has 1 heterocycles. The van der Waals surface area contributed by atoms with Gasteiger partial charge in [-0.25, -0.2) is 0 Å². The van der Waals surface area contributed by atoms with E-state index >= 15 is 0 Å². The first-order chi connectivity index (χ1) is 8.25. The Morgan fingerprint density at radius 1 is 1.24 bits per heavy atom. The largest absolute Gasteiger partial charge is 0.454 e. The van der Waals surface area contributed by atoms with Gasteiger partial charge >= 0.3 is 0 Å². The minimum absolute atomic E-state index is 0.0233. The topological polar surface area (TPSA) is 52.6 Å². The number of Topliss-reactive ketones (excluding diaryl/α,β-unsaturated/α-hetero) is 2. The van der Waals surface area contributed by atoms with E-state index in [2.05, 4.69) is 0 Å². The zero-order valence-electron chi connectivity index (χ0n) is 9.27. The van der Waals surface area contributed by atoms with Gasteiger partial charge in [-0.15, -0.1) is 0 Å². The number of para-hydroxylation sites is 1. The summed E-state index contributed by atoms with van der Waals surface area (Å²) in [6.07, 6.45) is 1.84. The molecule has 0 saturated heterocycles. The fourth-order valence-electron chi connectivity index (χ4n) is 1.95. The molecule has 0 aromatic heterocycles. The average molecular weight is 232 g/mol. The maximum absolute atomic E-state index is 12.0. The van der Waals surface area contributed by atoms with Crippen LogP contribution in [0.25, 0.3) is 0 Å². The predicted octanol–water partition coefficient (Wildman–Crippen LogP) is 1.97. The summed E-state index contributed by atoms with van der Waals surface area (Å²) in [6.45, 7) is 0.135. The molecule has 1 aliphatic carbocycles. The summed E-state index contributed by atoms with van der Waals surface area (Å²) in [7, 11) is 0. The van der Waals surface area contributed by atoms with Crippen molar-refractivity contribution in [3.63, 3.8) is 0 Å². The molecule has 1 fully saturated rings. The van der Waals surface area contributed by atoms with Crippen molar-refractivity contribution in [2.24, 2.45) is 5.92 Å². The molecule has 1 aromatic carbocycles. The molecule has 4 heteroatoms. The zero-order chi connectivity index (χ0) is 11.8. The van der Waals surface area contributed by atoms with Crippen molar-refractivity contribution in [1.82, 2.24) is 0 Å². The number of benzene rings is 1. The summed E-state index contributed by atoms with van der Waals surface area (Å²) in [5, 5.41) is 0. The molecule has 3 rings (SSSR count). The van der Waals surface area contributed by atoms with E-state index in [9.17, 15) is 9.59 Å². The van der Waals surface area contributed by atoms with E-state index in [1.54, 1.807) is 18.2 Å². The van der Waals surface area contributed by atoms with Crippen molar-refractivity contribution in [2.75, 3.05) is 6.79 Å². The normalized spacial score (nSPS) is 16.9. The van der Waals surface area contributed by atoms with Gasteiger partial charge in [0, 0.05) is 5.92 Å². The van der Waals surface area contributed by atoms with Crippen molar-refractivity contribution in [2.45, 2.75) is 19.3 Å². The Morgan fingerprint density at radius 3 is 2.82 bits per heavy atom. The molecule has 1 saturated carbocycles. The van der Waals surface area contributed by atoms with Gasteiger partial charge in [-0.05, 0) is 25.0 Å². The van der Waals surface area contributed by atoms with E-state index in [0.717, 1.165) is 12.8 Å². The van der Waals surface area contributed by atoms with Gasteiger partial charge in [-0.1, -0.05) is 6.07 Å². The maximum atomic E-state index is 12.0. The Bertz CT molecular complexity index is 488. The van der Waals surface area contributed by atoms with Crippen LogP contribution in [0.15, 0.2) is 18.2 Å². The quantitative estimate of drug-likeness (QED) is 0.588. The second kappa shape index (κ2) is 3.87. The zero-order valence-corrected chi connectivity index (χ0v) is 9.27. The molecule has 0 bridgehead atoms. The molecule has 0 amide bonds. The predicted molar refractivity (Wildman–Crippen MR) is 59.2 cm³/mol. The lowest BCUT2D eigenvalue weighted by Crippen LogP contribution is -2.10. The van der Waals surface area contributed by atoms with Gasteiger partial charge in [0.25, 0.3) is 0 Å². The number of ketones is 2. The molecule has 0 unspecified atom stereocenters. The van der Waals surface area contributed by atoms with Crippen molar-refractivity contribution in [3.05, 3.63) is 23.8 Å². The van der Waals surface area contributed by atoms with Crippen LogP contribution in [0.5, 0.6) is 11.5 Å². The molecule has 17 heavy (non-hydrogen) atoms. The van der Waals surface area contributed by atoms with E-state index in [0.29, 0.717) is 17.1 Å². The molecule has 0 atom stereocenters. The molecule has 0 N–H and O–H groups in total. The Hall–Kier alpha value is -1.84. The van der Waals surface area contributed by atoms with E-state index in [1.807, 2.05) is 0 Å². The number of ether oxygens (including phenoxy) is 2. The van der Waals surface area contributed by atoms with Gasteiger partial charge < -0.3 is 9.47 Å². The highest BCUT2D eigenvalue weighted by Gasteiger charge is 2.32. The minimum atomic E-state index is -0.177. The standard InChI is InChI=1S/C13H12O4/c14-10(8-4-5-8)6-11(15)9-2-1-3-12-13(9)17-7-16-12/h1-3,8H,4-7H2. The molecule has 88 valence electrons. The summed E-state index contributed by atoms with van der Waals surface area (Å²) in [5.74, 6) is 1.04. The number of fused-ring (bicyclic) bond motifs is 1. The third-order valence-electron chi connectivity index (χ3n) is 3.06. The second-order valence-electron chi connectivity index (χ2n) is 4.38. The summed E-state index contributed by atoms with van der Waals surface area (Å²) in [5.41, 5.74) is 0.453. The number of carbonyl (C=O) groups is 2. The Balaban J connectivity index is 1.81. The Labute approximate surface area is 98.5 Å². The van der Waals surface area contributed by atoms with Gasteiger partial charge in [-0.3, -0.25) is 9.59 Å². The number of hydrogen-bond acceptors (Lipinski definition) is 4. The first-order valence-electron chi connectivity index (χ1n) is 5.70. The van der Waals surface area contributed by atoms with Crippen molar-refractivity contribution in [3.8, 4) is 11.5 Å². The smallest absolute Gasteiger partial charge is 0.231 e. The van der Waals surface area contributed by atoms with E-state index < -0.39 is 0 Å². The SMILES string of the molecule is O=C(CC(=O)C1CC1)c1cccc2c1OCO2. The maximum Gasteiger partial charge on any atom is 0.231 e. The minimum Gasteiger partial charge on any atom is -0.454 e. The Morgan fingerprint density at radius 2 is 2.06 bits per heavy atom. The number of rotatable bonds is 4. The molecule has 4 nitrogen and oxygen atoms in total. The van der Waals surface area contributed by atoms with Crippen LogP contribution in [-0.2, 0) is 4.79 Å². The summed E-state index contributed by atoms with van der Waals surface area (Å²) in [4.78, 5) is 23.6. The van der Waals surface area contributed by atoms with Crippen LogP contribution < -0.4 is 9.47 Å². The van der Waals surface area contributed by atoms with E-state index in [1.165, 1.54) is 0 Å². The highest BCUT2D eigenvalue weighted by atomic mass is 16.7. The van der Waals surface area contributed by atoms with Crippen LogP contribution in [0.2, 0.25) is 0 Å². The molecule has 0 radical (unpaired) electrons. The monoisotopic (exact) mass is 232 g/mol. The fourth-order valence-corrected chi connectivity index (χ4v) is 1.95. The van der Waals surface area contributed by atoms with Gasteiger partial charge in [0.05, 0.1) is 12.0 Å². The lowest BCUT2D eigenvalue weighted by Gasteiger charge is -2.04. The van der Waals surface area contributed by atoms with Crippen LogP contribution in [0.4, 0.5) is 0 Å². The van der Waals surface area contributed by atoms with Gasteiger partial charge in [0.1, 0.15) is 5.78 Å². The number of carbonyl (C=O) groups excluding carboxylic acids is 2. The van der Waals surface area contributed by atoms with Crippen LogP contribution in [0.1, 0.15) is 29.6 Å². The molecular formula is C13H12O4. The third-order valence-corrected chi connectivity index (χ3v) is 3.06. The van der Waals surface area contributed by atoms with Crippen molar-refractivity contribution >= 4 is 11.6 Å². The van der Waals surface area contributed by atoms with Crippen molar-refractivity contribution in [1.29, 1.82) is 0 Å². The highest BCUT2D eigenvalue weighted by Crippen LogP contribution is 2.37. The first kappa shape index (κ1) is 10.3. The lowest BCUT2D eigenvalue weighted by atomic mass is 10.0. The van der Waals surface area contributed by atoms with Crippen molar-refractivity contribution < 1.29 is 19.1 Å². The number of hydrogen-bond donors (Lipinski definition) is 0. The lowest BCUT2D eigenvalue weighted by molar-refractivity contribution is -0.119. The Kier molecular flexibility index (Phi) is 2.35. The molecular weight excluding hydrogens is 220 g/mol. The van der Waals surface area contributed by atoms with Crippen LogP contribution >= 0.6 is 0 Å². The molecule has 1 aromatic rings. The van der Waals surface area contributed by atoms with Crippen LogP contribution in [0, 0.1) is 5.92 Å². The third kappa shape index (κ3) is 1.90. The van der Waals surface area contributed by atoms with Gasteiger partial charge in [0.2, 0.25) is 6.79 Å². The van der Waals surface area contributed by atoms with E-state index in [-0.39, 0.29) is 30.7 Å². The van der Waals surface area contributed by atoms with E-state index in [4.69, 9.17) is 9.47 Å². The van der Waals surface area contributed by atoms with Gasteiger partial charge in [0.15, 0.2) is 17.3 Å². The second-order valence-corrected chi connectivity index (χ2v) is 4.38. The summed E-state index contributed by atoms with van der Waals surface area (Å²) in [6, 6.07) is 5.17. The first-order valence-corrected chi connectivity index (χ1v) is 5.70. The summed E-state index contributed by atoms with van der Waals surface area (Å²) < 4.78 is 10.4. The van der Waals surface area contributed by atoms with Gasteiger partial charge in [-0.2, -0.15) is 0 Å². The molecule has 2 aliphatic rings. The van der Waals surface area contributed by atoms with Crippen LogP contribution in [-0.4, -0.2) is 18.4 Å². The average Bonchev–Trinajstić information content (AvgIpc) is 3.06. The fraction of sp³-hybridized carbons (Fsp3) is 0.385. The highest BCUT2D eigenvalue weighted by molar-refractivity contribution is 6.10. The molecule has 1 aliphatic heterocycles. The molecule has 0 spiro atoms. The van der Waals surface area contributed by atoms with Crippen LogP contribution in [0.3, 0.4) is 0 Å².